The van der Waals surface area contributed by atoms with Gasteiger partial charge in [0.15, 0.2) is 0 Å². The van der Waals surface area contributed by atoms with Gasteiger partial charge in [-0.1, -0.05) is 13.8 Å². The molecule has 3 heteroatoms. The summed E-state index contributed by atoms with van der Waals surface area (Å²) in [6.07, 6.45) is 0. The molecule has 1 fully saturated rings. The van der Waals surface area contributed by atoms with E-state index in [2.05, 4.69) is 0 Å². The molecule has 0 saturated heterocycles. The van der Waals surface area contributed by atoms with Gasteiger partial charge in [0.1, 0.15) is 0 Å². The van der Waals surface area contributed by atoms with E-state index in [0.717, 1.165) is 0 Å². The second-order valence-corrected chi connectivity index (χ2v) is 2.49. The molecule has 0 spiro atoms. The summed E-state index contributed by atoms with van der Waals surface area (Å²) in [6, 6.07) is -0.241. The molecular weight excluding hydrogens is 106 g/mol. The van der Waals surface area contributed by atoms with Gasteiger partial charge in [0.2, 0.25) is 6.04 Å². The van der Waals surface area contributed by atoms with E-state index in [1.54, 1.807) is 0 Å². The lowest BCUT2D eigenvalue weighted by Gasteiger charge is -1.81. The largest absolute Gasteiger partial charge is 0.264 e. The van der Waals surface area contributed by atoms with Crippen LogP contribution in [-0.2, 0) is 0 Å². The van der Waals surface area contributed by atoms with Crippen molar-refractivity contribution in [2.45, 2.75) is 19.9 Å². The first-order valence-corrected chi connectivity index (χ1v) is 2.78. The van der Waals surface area contributed by atoms with Crippen molar-refractivity contribution in [3.63, 3.8) is 0 Å². The van der Waals surface area contributed by atoms with Crippen molar-refractivity contribution in [2.24, 2.45) is 11.8 Å². The van der Waals surface area contributed by atoms with E-state index in [1.165, 1.54) is 0 Å². The van der Waals surface area contributed by atoms with Crippen LogP contribution in [0.2, 0.25) is 0 Å². The minimum absolute atomic E-state index is 0.185. The maximum atomic E-state index is 9.99. The van der Waals surface area contributed by atoms with Crippen molar-refractivity contribution in [1.82, 2.24) is 0 Å². The Bertz CT molecular complexity index is 116. The van der Waals surface area contributed by atoms with Gasteiger partial charge in [-0.3, -0.25) is 10.1 Å². The van der Waals surface area contributed by atoms with Crippen LogP contribution in [0.3, 0.4) is 0 Å². The molecule has 0 aromatic carbocycles. The summed E-state index contributed by atoms with van der Waals surface area (Å²) in [6.45, 7) is 3.83. The summed E-state index contributed by atoms with van der Waals surface area (Å²) in [5.74, 6) is 0.620. The van der Waals surface area contributed by atoms with Gasteiger partial charge < -0.3 is 0 Å². The first-order valence-electron chi connectivity index (χ1n) is 2.78. The minimum Gasteiger partial charge on any atom is -0.264 e. The molecule has 0 N–H and O–H groups in total. The summed E-state index contributed by atoms with van der Waals surface area (Å²) in [4.78, 5) is 9.80. The second-order valence-electron chi connectivity index (χ2n) is 2.49. The zero-order valence-corrected chi connectivity index (χ0v) is 5.00. The highest BCUT2D eigenvalue weighted by molar-refractivity contribution is 4.91. The smallest absolute Gasteiger partial charge is 0.219 e. The fourth-order valence-electron chi connectivity index (χ4n) is 1.02. The monoisotopic (exact) mass is 115 g/mol. The van der Waals surface area contributed by atoms with E-state index in [4.69, 9.17) is 0 Å². The molecule has 0 aromatic heterocycles. The van der Waals surface area contributed by atoms with Crippen LogP contribution < -0.4 is 0 Å². The Kier molecular flexibility index (Phi) is 0.994. The molecule has 1 aliphatic rings. The van der Waals surface area contributed by atoms with Crippen LogP contribution in [0.1, 0.15) is 13.8 Å². The fourth-order valence-corrected chi connectivity index (χ4v) is 1.02. The topological polar surface area (TPSA) is 43.1 Å². The molecule has 0 aromatic rings. The minimum atomic E-state index is -0.241. The van der Waals surface area contributed by atoms with Gasteiger partial charge in [0.05, 0.1) is 0 Å². The van der Waals surface area contributed by atoms with E-state index < -0.39 is 0 Å². The normalized spacial score (nSPS) is 44.0. The molecular formula is C5H9NO2. The summed E-state index contributed by atoms with van der Waals surface area (Å²) in [5, 5.41) is 9.99. The standard InChI is InChI=1S/C5H9NO2/c1-3-4(2)5(3)6(7)8/h3-5H,1-2H3/t3-,4+,5?. The van der Waals surface area contributed by atoms with Gasteiger partial charge in [0, 0.05) is 16.8 Å². The van der Waals surface area contributed by atoms with E-state index in [-0.39, 0.29) is 11.0 Å². The van der Waals surface area contributed by atoms with Gasteiger partial charge >= 0.3 is 0 Å². The van der Waals surface area contributed by atoms with Gasteiger partial charge in [-0.25, -0.2) is 0 Å². The summed E-state index contributed by atoms with van der Waals surface area (Å²) in [7, 11) is 0. The Hall–Kier alpha value is -0.600. The molecule has 3 atom stereocenters. The van der Waals surface area contributed by atoms with Crippen molar-refractivity contribution >= 4 is 0 Å². The Labute approximate surface area is 47.8 Å². The van der Waals surface area contributed by atoms with Crippen molar-refractivity contribution in [3.05, 3.63) is 10.1 Å². The predicted octanol–water partition coefficient (Wildman–Crippen LogP) is 0.917. The first kappa shape index (κ1) is 5.54. The molecule has 1 unspecified atom stereocenters. The number of nitrogens with zero attached hydrogens (tertiary/aromatic N) is 1. The highest BCUT2D eigenvalue weighted by Gasteiger charge is 2.53. The molecule has 0 heterocycles. The molecule has 0 bridgehead atoms. The maximum Gasteiger partial charge on any atom is 0.219 e. The number of hydrogen-bond acceptors (Lipinski definition) is 2. The second kappa shape index (κ2) is 1.44. The predicted molar refractivity (Wildman–Crippen MR) is 29.1 cm³/mol. The average Bonchev–Trinajstić information content (AvgIpc) is 2.15. The summed E-state index contributed by atoms with van der Waals surface area (Å²) >= 11 is 0. The van der Waals surface area contributed by atoms with Gasteiger partial charge in [-0.2, -0.15) is 0 Å². The highest BCUT2D eigenvalue weighted by Crippen LogP contribution is 2.39. The molecule has 3 nitrogen and oxygen atoms in total. The third kappa shape index (κ3) is 0.582. The third-order valence-corrected chi connectivity index (χ3v) is 2.01. The molecule has 0 amide bonds. The molecule has 1 rings (SSSR count). The highest BCUT2D eigenvalue weighted by atomic mass is 16.6. The van der Waals surface area contributed by atoms with E-state index in [1.807, 2.05) is 13.8 Å². The van der Waals surface area contributed by atoms with Crippen molar-refractivity contribution in [3.8, 4) is 0 Å². The Morgan fingerprint density at radius 3 is 1.75 bits per heavy atom. The van der Waals surface area contributed by atoms with E-state index in [0.29, 0.717) is 11.8 Å². The van der Waals surface area contributed by atoms with Crippen LogP contribution in [0.4, 0.5) is 0 Å². The summed E-state index contributed by atoms with van der Waals surface area (Å²) in [5.41, 5.74) is 0. The lowest BCUT2D eigenvalue weighted by Crippen LogP contribution is -2.03. The molecule has 8 heavy (non-hydrogen) atoms. The van der Waals surface area contributed by atoms with Crippen LogP contribution >= 0.6 is 0 Å². The number of nitro groups is 1. The first-order chi connectivity index (χ1) is 3.64. The number of hydrogen-bond donors (Lipinski definition) is 0. The Morgan fingerprint density at radius 2 is 1.75 bits per heavy atom. The fraction of sp³-hybridized carbons (Fsp3) is 1.00. The van der Waals surface area contributed by atoms with Crippen LogP contribution in [0.25, 0.3) is 0 Å². The van der Waals surface area contributed by atoms with Crippen LogP contribution in [0, 0.1) is 22.0 Å². The SMILES string of the molecule is C[C@@H]1C([N+](=O)[O-])[C@@H]1C. The van der Waals surface area contributed by atoms with E-state index >= 15 is 0 Å². The number of rotatable bonds is 1. The van der Waals surface area contributed by atoms with Gasteiger partial charge in [-0.15, -0.1) is 0 Å². The molecule has 1 aliphatic carbocycles. The van der Waals surface area contributed by atoms with Crippen molar-refractivity contribution in [1.29, 1.82) is 0 Å². The van der Waals surface area contributed by atoms with Gasteiger partial charge in [0.25, 0.3) is 0 Å². The zero-order chi connectivity index (χ0) is 6.31. The van der Waals surface area contributed by atoms with Crippen molar-refractivity contribution < 1.29 is 4.92 Å². The molecule has 0 radical (unpaired) electrons. The molecule has 1 saturated carbocycles. The van der Waals surface area contributed by atoms with Crippen LogP contribution in [0.15, 0.2) is 0 Å². The van der Waals surface area contributed by atoms with Crippen molar-refractivity contribution in [2.75, 3.05) is 0 Å². The Morgan fingerprint density at radius 1 is 1.38 bits per heavy atom. The Balaban J connectivity index is 2.44. The average molecular weight is 115 g/mol. The van der Waals surface area contributed by atoms with Crippen LogP contribution in [-0.4, -0.2) is 11.0 Å². The maximum absolute atomic E-state index is 9.99. The summed E-state index contributed by atoms with van der Waals surface area (Å²) < 4.78 is 0. The van der Waals surface area contributed by atoms with Crippen LogP contribution in [0.5, 0.6) is 0 Å². The lowest BCUT2D eigenvalue weighted by atomic mass is 10.4. The zero-order valence-electron chi connectivity index (χ0n) is 5.00. The third-order valence-electron chi connectivity index (χ3n) is 2.01. The van der Waals surface area contributed by atoms with Gasteiger partial charge in [-0.05, 0) is 0 Å². The quantitative estimate of drug-likeness (QED) is 0.376. The molecule has 0 aliphatic heterocycles. The van der Waals surface area contributed by atoms with E-state index in [9.17, 15) is 10.1 Å². The lowest BCUT2D eigenvalue weighted by molar-refractivity contribution is -0.501. The molecule has 46 valence electrons.